The second-order valence-corrected chi connectivity index (χ2v) is 9.97. The van der Waals surface area contributed by atoms with Crippen molar-refractivity contribution in [3.63, 3.8) is 0 Å². The number of nitrogens with zero attached hydrogens (tertiary/aromatic N) is 1. The van der Waals surface area contributed by atoms with Crippen LogP contribution in [0, 0.1) is 5.92 Å². The maximum atomic E-state index is 13.4. The van der Waals surface area contributed by atoms with Crippen LogP contribution in [0.5, 0.6) is 0 Å². The highest BCUT2D eigenvalue weighted by atomic mass is 35.5. The average molecular weight is 545 g/mol. The molecule has 2 heterocycles. The van der Waals surface area contributed by atoms with Crippen molar-refractivity contribution in [1.29, 1.82) is 0 Å². The van der Waals surface area contributed by atoms with Gasteiger partial charge in [-0.2, -0.15) is 0 Å². The zero-order valence-electron chi connectivity index (χ0n) is 20.6. The first-order chi connectivity index (χ1) is 17.6. The second-order valence-electron chi connectivity index (χ2n) is 8.94. The van der Waals surface area contributed by atoms with Crippen LogP contribution < -0.4 is 16.0 Å². The van der Waals surface area contributed by atoms with Crippen LogP contribution in [-0.2, 0) is 16.1 Å². The molecule has 198 valence electrons. The number of rotatable bonds is 11. The predicted molar refractivity (Wildman–Crippen MR) is 147 cm³/mol. The van der Waals surface area contributed by atoms with Gasteiger partial charge in [0, 0.05) is 13.1 Å². The van der Waals surface area contributed by atoms with E-state index in [2.05, 4.69) is 20.9 Å². The van der Waals surface area contributed by atoms with Crippen molar-refractivity contribution in [2.45, 2.75) is 44.8 Å². The number of carbonyl (C=O) groups is 3. The number of Topliss-reactive ketones (excluding diaryl/α,β-unsaturated/α-hetero) is 1. The van der Waals surface area contributed by atoms with E-state index in [-0.39, 0.29) is 36.6 Å². The monoisotopic (exact) mass is 544 g/mol. The van der Waals surface area contributed by atoms with Gasteiger partial charge in [0.25, 0.3) is 0 Å². The number of nitrogens with one attached hydrogen (secondary N) is 3. The first-order valence-corrected chi connectivity index (χ1v) is 13.3. The van der Waals surface area contributed by atoms with Gasteiger partial charge >= 0.3 is 6.09 Å². The van der Waals surface area contributed by atoms with E-state index in [0.717, 1.165) is 35.2 Å². The standard InChI is InChI=1S/C27H32N4O4S.ClH/c32-24(26-31-21-12-4-5-14-23(21)36-26)22(30-25(33)20-11-8-15-28-17-20)13-6-7-16-29-27(34)35-18-19-9-2-1-3-10-19;/h1-5,9-10,12,14,20,22,28H,6-8,11,13,15-18H2,(H,29,34)(H,30,33);1H/t20-,22?;/m1./s1. The number of ether oxygens (including phenoxy) is 1. The molecule has 1 saturated heterocycles. The lowest BCUT2D eigenvalue weighted by Gasteiger charge is -2.24. The topological polar surface area (TPSA) is 109 Å². The molecule has 0 aliphatic carbocycles. The third kappa shape index (κ3) is 8.52. The van der Waals surface area contributed by atoms with Gasteiger partial charge in [-0.3, -0.25) is 9.59 Å². The Morgan fingerprint density at radius 3 is 2.62 bits per heavy atom. The van der Waals surface area contributed by atoms with Crippen LogP contribution in [0.1, 0.15) is 47.5 Å². The quantitative estimate of drug-likeness (QED) is 0.242. The third-order valence-electron chi connectivity index (χ3n) is 6.21. The maximum Gasteiger partial charge on any atom is 0.407 e. The molecule has 2 amide bonds. The average Bonchev–Trinajstić information content (AvgIpc) is 3.36. The number of alkyl carbamates (subject to hydrolysis) is 1. The van der Waals surface area contributed by atoms with E-state index >= 15 is 0 Å². The summed E-state index contributed by atoms with van der Waals surface area (Å²) in [4.78, 5) is 42.7. The minimum Gasteiger partial charge on any atom is -0.445 e. The summed E-state index contributed by atoms with van der Waals surface area (Å²) in [6.45, 7) is 2.19. The van der Waals surface area contributed by atoms with Crippen LogP contribution >= 0.6 is 23.7 Å². The second kappa shape index (κ2) is 14.7. The van der Waals surface area contributed by atoms with Crippen LogP contribution in [0.2, 0.25) is 0 Å². The summed E-state index contributed by atoms with van der Waals surface area (Å²) >= 11 is 1.35. The van der Waals surface area contributed by atoms with Gasteiger partial charge in [-0.1, -0.05) is 42.5 Å². The van der Waals surface area contributed by atoms with Crippen LogP contribution in [0.3, 0.4) is 0 Å². The lowest BCUT2D eigenvalue weighted by atomic mass is 9.97. The van der Waals surface area contributed by atoms with Gasteiger partial charge in [-0.25, -0.2) is 9.78 Å². The zero-order valence-corrected chi connectivity index (χ0v) is 22.2. The number of unbranched alkanes of at least 4 members (excludes halogenated alkanes) is 1. The summed E-state index contributed by atoms with van der Waals surface area (Å²) in [6, 6.07) is 16.5. The summed E-state index contributed by atoms with van der Waals surface area (Å²) in [7, 11) is 0. The highest BCUT2D eigenvalue weighted by molar-refractivity contribution is 7.20. The van der Waals surface area contributed by atoms with Gasteiger partial charge in [0.15, 0.2) is 5.01 Å². The number of thiazole rings is 1. The summed E-state index contributed by atoms with van der Waals surface area (Å²) in [5, 5.41) is 9.40. The Morgan fingerprint density at radius 1 is 1.08 bits per heavy atom. The van der Waals surface area contributed by atoms with E-state index in [9.17, 15) is 14.4 Å². The summed E-state index contributed by atoms with van der Waals surface area (Å²) in [5.74, 6) is -0.390. The number of halogens is 1. The Kier molecular flexibility index (Phi) is 11.3. The van der Waals surface area contributed by atoms with Crippen LogP contribution in [-0.4, -0.2) is 48.4 Å². The molecule has 3 aromatic rings. The van der Waals surface area contributed by atoms with Crippen LogP contribution in [0.4, 0.5) is 4.79 Å². The number of hydrogen-bond acceptors (Lipinski definition) is 7. The summed E-state index contributed by atoms with van der Waals surface area (Å²) in [5.41, 5.74) is 1.71. The number of ketones is 1. The van der Waals surface area contributed by atoms with E-state index in [1.807, 2.05) is 54.6 Å². The third-order valence-corrected chi connectivity index (χ3v) is 7.26. The predicted octanol–water partition coefficient (Wildman–Crippen LogP) is 4.48. The molecule has 1 fully saturated rings. The van der Waals surface area contributed by atoms with Crippen LogP contribution in [0.15, 0.2) is 54.6 Å². The molecule has 0 radical (unpaired) electrons. The summed E-state index contributed by atoms with van der Waals surface area (Å²) < 4.78 is 6.17. The molecule has 37 heavy (non-hydrogen) atoms. The molecule has 1 aliphatic rings. The van der Waals surface area contributed by atoms with Gasteiger partial charge in [0.2, 0.25) is 11.7 Å². The number of piperidine rings is 1. The van der Waals surface area contributed by atoms with Gasteiger partial charge in [-0.15, -0.1) is 23.7 Å². The fraction of sp³-hybridized carbons (Fsp3) is 0.407. The molecule has 0 saturated carbocycles. The van der Waals surface area contributed by atoms with E-state index < -0.39 is 12.1 Å². The van der Waals surface area contributed by atoms with Crippen molar-refractivity contribution in [1.82, 2.24) is 20.9 Å². The fourth-order valence-corrected chi connectivity index (χ4v) is 5.16. The first kappa shape index (κ1) is 28.6. The molecule has 10 heteroatoms. The van der Waals surface area contributed by atoms with Crippen molar-refractivity contribution in [3.8, 4) is 0 Å². The molecular formula is C27H33ClN4O4S. The highest BCUT2D eigenvalue weighted by Crippen LogP contribution is 2.23. The van der Waals surface area contributed by atoms with E-state index in [4.69, 9.17) is 4.74 Å². The highest BCUT2D eigenvalue weighted by Gasteiger charge is 2.28. The number of aromatic nitrogens is 1. The minimum absolute atomic E-state index is 0. The maximum absolute atomic E-state index is 13.4. The molecule has 3 N–H and O–H groups in total. The Morgan fingerprint density at radius 2 is 1.86 bits per heavy atom. The molecule has 1 aromatic heterocycles. The Bertz CT molecular complexity index is 1130. The molecule has 8 nitrogen and oxygen atoms in total. The Balaban J connectivity index is 0.00000380. The largest absolute Gasteiger partial charge is 0.445 e. The molecule has 2 aromatic carbocycles. The van der Waals surface area contributed by atoms with Crippen molar-refractivity contribution < 1.29 is 19.1 Å². The van der Waals surface area contributed by atoms with Gasteiger partial charge < -0.3 is 20.7 Å². The van der Waals surface area contributed by atoms with Crippen molar-refractivity contribution in [2.24, 2.45) is 5.92 Å². The van der Waals surface area contributed by atoms with Gasteiger partial charge in [-0.05, 0) is 56.3 Å². The number of fused-ring (bicyclic) bond motifs is 1. The summed E-state index contributed by atoms with van der Waals surface area (Å²) in [6.07, 6.45) is 3.07. The van der Waals surface area contributed by atoms with Crippen molar-refractivity contribution >= 4 is 51.7 Å². The smallest absolute Gasteiger partial charge is 0.407 e. The SMILES string of the molecule is Cl.O=C(NCCCCC(NC(=O)[C@@H]1CCCNC1)C(=O)c1nc2ccccc2s1)OCc1ccccc1. The number of benzene rings is 2. The molecule has 0 bridgehead atoms. The minimum atomic E-state index is -0.648. The van der Waals surface area contributed by atoms with Gasteiger partial charge in [0.1, 0.15) is 6.61 Å². The van der Waals surface area contributed by atoms with E-state index in [0.29, 0.717) is 37.4 Å². The molecule has 0 spiro atoms. The molecule has 1 aliphatic heterocycles. The molecule has 1 unspecified atom stereocenters. The number of carbonyl (C=O) groups excluding carboxylic acids is 3. The number of amides is 2. The van der Waals surface area contributed by atoms with Crippen molar-refractivity contribution in [3.05, 3.63) is 65.2 Å². The lowest BCUT2D eigenvalue weighted by molar-refractivity contribution is -0.126. The molecule has 2 atom stereocenters. The van der Waals surface area contributed by atoms with E-state index in [1.165, 1.54) is 11.3 Å². The van der Waals surface area contributed by atoms with E-state index in [1.54, 1.807) is 0 Å². The zero-order chi connectivity index (χ0) is 25.2. The fourth-order valence-electron chi connectivity index (χ4n) is 4.20. The number of para-hydroxylation sites is 1. The van der Waals surface area contributed by atoms with Gasteiger partial charge in [0.05, 0.1) is 22.2 Å². The Labute approximate surface area is 227 Å². The normalized spacial score (nSPS) is 15.8. The first-order valence-electron chi connectivity index (χ1n) is 12.5. The number of hydrogen-bond donors (Lipinski definition) is 3. The Hall–Kier alpha value is -3.01. The molecular weight excluding hydrogens is 512 g/mol. The van der Waals surface area contributed by atoms with Crippen molar-refractivity contribution in [2.75, 3.05) is 19.6 Å². The van der Waals surface area contributed by atoms with Crippen LogP contribution in [0.25, 0.3) is 10.2 Å². The molecule has 4 rings (SSSR count). The lowest BCUT2D eigenvalue weighted by Crippen LogP contribution is -2.47.